The molecule has 10 aromatic carbocycles. The van der Waals surface area contributed by atoms with E-state index in [1.165, 1.54) is 72.1 Å². The highest BCUT2D eigenvalue weighted by Crippen LogP contribution is 2.48. The molecular formula is C52H33F2N. The summed E-state index contributed by atoms with van der Waals surface area (Å²) in [7, 11) is 0. The van der Waals surface area contributed by atoms with Crippen LogP contribution in [0.3, 0.4) is 0 Å². The van der Waals surface area contributed by atoms with Gasteiger partial charge in [-0.25, -0.2) is 8.78 Å². The number of fused-ring (bicyclic) bond motifs is 4. The molecule has 0 aliphatic rings. The lowest BCUT2D eigenvalue weighted by molar-refractivity contribution is 0.619. The molecule has 0 saturated heterocycles. The molecule has 0 heterocycles. The van der Waals surface area contributed by atoms with Gasteiger partial charge in [-0.2, -0.15) is 0 Å². The third kappa shape index (κ3) is 5.52. The van der Waals surface area contributed by atoms with Crippen LogP contribution in [0.2, 0.25) is 0 Å². The van der Waals surface area contributed by atoms with Gasteiger partial charge in [-0.1, -0.05) is 158 Å². The Morgan fingerprint density at radius 2 is 0.727 bits per heavy atom. The van der Waals surface area contributed by atoms with E-state index in [4.69, 9.17) is 0 Å². The van der Waals surface area contributed by atoms with Crippen LogP contribution in [0.4, 0.5) is 25.8 Å². The van der Waals surface area contributed by atoms with Crippen LogP contribution < -0.4 is 4.90 Å². The van der Waals surface area contributed by atoms with Crippen molar-refractivity contribution in [2.75, 3.05) is 4.90 Å². The second-order valence-electron chi connectivity index (χ2n) is 13.9. The average Bonchev–Trinajstić information content (AvgIpc) is 3.24. The van der Waals surface area contributed by atoms with E-state index in [1.807, 2.05) is 24.3 Å². The first kappa shape index (κ1) is 32.5. The van der Waals surface area contributed by atoms with Gasteiger partial charge in [-0.15, -0.1) is 0 Å². The predicted octanol–water partition coefficient (Wildman–Crippen LogP) is 15.0. The quantitative estimate of drug-likeness (QED) is 0.155. The van der Waals surface area contributed by atoms with Crippen LogP contribution in [-0.4, -0.2) is 0 Å². The Hall–Kier alpha value is -7.10. The Morgan fingerprint density at radius 1 is 0.309 bits per heavy atom. The SMILES string of the molecule is Fc1ccccc1N(c1ccc(-c2ccc3c(-c4cccc5ccccc45)c4ccccc4c(-c4cccc5ccccc45)c3c2)cc1)c1ccccc1F. The third-order valence-corrected chi connectivity index (χ3v) is 10.8. The fraction of sp³-hybridized carbons (Fsp3) is 0. The van der Waals surface area contributed by atoms with Gasteiger partial charge in [0.05, 0.1) is 11.4 Å². The fourth-order valence-electron chi connectivity index (χ4n) is 8.30. The highest BCUT2D eigenvalue weighted by atomic mass is 19.1. The van der Waals surface area contributed by atoms with Gasteiger partial charge in [0.1, 0.15) is 11.6 Å². The Labute approximate surface area is 318 Å². The van der Waals surface area contributed by atoms with Crippen molar-refractivity contribution in [3.63, 3.8) is 0 Å². The maximum Gasteiger partial charge on any atom is 0.147 e. The van der Waals surface area contributed by atoms with Crippen LogP contribution in [0.15, 0.2) is 200 Å². The summed E-state index contributed by atoms with van der Waals surface area (Å²) in [6.45, 7) is 0. The number of hydrogen-bond acceptors (Lipinski definition) is 1. The minimum absolute atomic E-state index is 0.277. The third-order valence-electron chi connectivity index (χ3n) is 10.8. The number of nitrogens with zero attached hydrogens (tertiary/aromatic N) is 1. The molecule has 0 aromatic heterocycles. The highest BCUT2D eigenvalue weighted by molar-refractivity contribution is 6.25. The molecule has 3 heteroatoms. The van der Waals surface area contributed by atoms with Crippen LogP contribution in [-0.2, 0) is 0 Å². The normalized spacial score (nSPS) is 11.5. The molecule has 10 rings (SSSR count). The molecule has 55 heavy (non-hydrogen) atoms. The van der Waals surface area contributed by atoms with Crippen molar-refractivity contribution < 1.29 is 8.78 Å². The molecule has 260 valence electrons. The molecule has 0 amide bonds. The Bertz CT molecular complexity index is 3020. The molecule has 10 aromatic rings. The van der Waals surface area contributed by atoms with E-state index < -0.39 is 11.6 Å². The number of anilines is 3. The second-order valence-corrected chi connectivity index (χ2v) is 13.9. The number of rotatable bonds is 6. The van der Waals surface area contributed by atoms with Crippen LogP contribution in [0, 0.1) is 11.6 Å². The van der Waals surface area contributed by atoms with Gasteiger partial charge in [0.25, 0.3) is 0 Å². The largest absolute Gasteiger partial charge is 0.305 e. The van der Waals surface area contributed by atoms with Crippen molar-refractivity contribution >= 4 is 60.2 Å². The summed E-state index contributed by atoms with van der Waals surface area (Å²) in [5, 5.41) is 9.51. The van der Waals surface area contributed by atoms with Gasteiger partial charge in [0, 0.05) is 5.69 Å². The maximum absolute atomic E-state index is 15.3. The first-order chi connectivity index (χ1) is 27.1. The first-order valence-electron chi connectivity index (χ1n) is 18.5. The molecular weight excluding hydrogens is 677 g/mol. The van der Waals surface area contributed by atoms with Gasteiger partial charge in [0.2, 0.25) is 0 Å². The van der Waals surface area contributed by atoms with E-state index in [-0.39, 0.29) is 11.4 Å². The lowest BCUT2D eigenvalue weighted by Gasteiger charge is -2.26. The monoisotopic (exact) mass is 709 g/mol. The fourth-order valence-corrected chi connectivity index (χ4v) is 8.30. The van der Waals surface area contributed by atoms with Crippen LogP contribution in [0.25, 0.3) is 76.5 Å². The van der Waals surface area contributed by atoms with E-state index in [1.54, 1.807) is 41.3 Å². The average molecular weight is 710 g/mol. The Morgan fingerprint density at radius 3 is 1.27 bits per heavy atom. The molecule has 0 radical (unpaired) electrons. The van der Waals surface area contributed by atoms with Crippen molar-refractivity contribution in [2.24, 2.45) is 0 Å². The van der Waals surface area contributed by atoms with Crippen LogP contribution in [0.5, 0.6) is 0 Å². The zero-order chi connectivity index (χ0) is 36.9. The summed E-state index contributed by atoms with van der Waals surface area (Å²) in [6.07, 6.45) is 0. The number of hydrogen-bond donors (Lipinski definition) is 0. The zero-order valence-corrected chi connectivity index (χ0v) is 29.8. The van der Waals surface area contributed by atoms with Crippen molar-refractivity contribution in [3.8, 4) is 33.4 Å². The molecule has 0 fully saturated rings. The second kappa shape index (κ2) is 13.4. The van der Waals surface area contributed by atoms with Gasteiger partial charge in [0.15, 0.2) is 0 Å². The van der Waals surface area contributed by atoms with Crippen molar-refractivity contribution in [1.82, 2.24) is 0 Å². The lowest BCUT2D eigenvalue weighted by Crippen LogP contribution is -2.13. The summed E-state index contributed by atoms with van der Waals surface area (Å²) in [4.78, 5) is 1.63. The number of halogens is 2. The zero-order valence-electron chi connectivity index (χ0n) is 29.8. The molecule has 0 saturated carbocycles. The van der Waals surface area contributed by atoms with E-state index in [0.29, 0.717) is 5.69 Å². The Balaban J connectivity index is 1.22. The topological polar surface area (TPSA) is 3.24 Å². The molecule has 1 nitrogen and oxygen atoms in total. The summed E-state index contributed by atoms with van der Waals surface area (Å²) in [5.41, 5.74) is 8.02. The van der Waals surface area contributed by atoms with E-state index in [0.717, 1.165) is 16.5 Å². The minimum Gasteiger partial charge on any atom is -0.305 e. The minimum atomic E-state index is -0.431. The maximum atomic E-state index is 15.3. The molecule has 0 aliphatic carbocycles. The van der Waals surface area contributed by atoms with Gasteiger partial charge in [-0.3, -0.25) is 0 Å². The summed E-state index contributed by atoms with van der Waals surface area (Å²) < 4.78 is 30.6. The van der Waals surface area contributed by atoms with Gasteiger partial charge >= 0.3 is 0 Å². The smallest absolute Gasteiger partial charge is 0.147 e. The van der Waals surface area contributed by atoms with E-state index >= 15 is 8.78 Å². The number of benzene rings is 10. The highest BCUT2D eigenvalue weighted by Gasteiger charge is 2.21. The van der Waals surface area contributed by atoms with Crippen molar-refractivity contribution in [1.29, 1.82) is 0 Å². The molecule has 0 aliphatic heterocycles. The molecule has 0 spiro atoms. The number of para-hydroxylation sites is 2. The molecule has 0 N–H and O–H groups in total. The van der Waals surface area contributed by atoms with Crippen molar-refractivity contribution in [2.45, 2.75) is 0 Å². The lowest BCUT2D eigenvalue weighted by atomic mass is 9.83. The first-order valence-corrected chi connectivity index (χ1v) is 18.5. The standard InChI is InChI=1S/C52H33F2N/c53-47-23-7-9-25-49(47)55(50-26-10-8-24-48(50)54)38-30-27-34(28-31-38)37-29-32-45-46(33-37)52(42-22-12-16-36-14-2-4-18-40(36)42)44-20-6-5-19-43(44)51(45)41-21-11-15-35-13-1-3-17-39(35)41/h1-33H. The predicted molar refractivity (Wildman–Crippen MR) is 227 cm³/mol. The van der Waals surface area contributed by atoms with Crippen LogP contribution in [0.1, 0.15) is 0 Å². The Kier molecular flexibility index (Phi) is 7.92. The molecule has 0 atom stereocenters. The molecule has 0 bridgehead atoms. The summed E-state index contributed by atoms with van der Waals surface area (Å²) >= 11 is 0. The molecule has 0 unspecified atom stereocenters. The van der Waals surface area contributed by atoms with E-state index in [9.17, 15) is 0 Å². The summed E-state index contributed by atoms with van der Waals surface area (Å²) in [6, 6.07) is 66.8. The van der Waals surface area contributed by atoms with Gasteiger partial charge in [-0.05, 0) is 119 Å². The van der Waals surface area contributed by atoms with Crippen molar-refractivity contribution in [3.05, 3.63) is 212 Å². The van der Waals surface area contributed by atoms with E-state index in [2.05, 4.69) is 127 Å². The van der Waals surface area contributed by atoms with Gasteiger partial charge < -0.3 is 4.90 Å². The summed E-state index contributed by atoms with van der Waals surface area (Å²) in [5.74, 6) is -0.862. The van der Waals surface area contributed by atoms with Crippen LogP contribution >= 0.6 is 0 Å².